The molecule has 1 aliphatic rings. The summed E-state index contributed by atoms with van der Waals surface area (Å²) >= 11 is 0. The number of hydrogen-bond donors (Lipinski definition) is 2. The molecule has 5 heteroatoms. The maximum atomic E-state index is 12.2. The lowest BCUT2D eigenvalue weighted by atomic mass is 9.63. The Bertz CT molecular complexity index is 1330. The molecular formula is C26H25N3O2. The average Bonchev–Trinajstić information content (AvgIpc) is 2.75. The second-order valence-corrected chi connectivity index (χ2v) is 8.97. The van der Waals surface area contributed by atoms with Crippen LogP contribution < -0.4 is 11.3 Å². The lowest BCUT2D eigenvalue weighted by Crippen LogP contribution is -2.58. The van der Waals surface area contributed by atoms with Crippen LogP contribution in [0, 0.1) is 0 Å². The summed E-state index contributed by atoms with van der Waals surface area (Å²) in [6, 6.07) is 23.6. The summed E-state index contributed by atoms with van der Waals surface area (Å²) in [5.41, 5.74) is 11.7. The molecule has 2 heterocycles. The molecule has 3 N–H and O–H groups in total. The molecule has 0 aliphatic heterocycles. The number of aliphatic hydroxyl groups is 1. The maximum absolute atomic E-state index is 12.2. The van der Waals surface area contributed by atoms with Gasteiger partial charge in [-0.25, -0.2) is 4.98 Å². The van der Waals surface area contributed by atoms with Crippen molar-refractivity contribution < 1.29 is 5.11 Å². The van der Waals surface area contributed by atoms with Crippen molar-refractivity contribution in [2.75, 3.05) is 0 Å². The van der Waals surface area contributed by atoms with Crippen molar-refractivity contribution >= 4 is 11.0 Å². The smallest absolute Gasteiger partial charge is 0.250 e. The lowest BCUT2D eigenvalue weighted by molar-refractivity contribution is -0.0738. The van der Waals surface area contributed by atoms with Crippen LogP contribution in [0.15, 0.2) is 77.6 Å². The highest BCUT2D eigenvalue weighted by Gasteiger charge is 2.49. The monoisotopic (exact) mass is 411 g/mol. The molecule has 1 fully saturated rings. The summed E-state index contributed by atoms with van der Waals surface area (Å²) in [6.45, 7) is 1.82. The van der Waals surface area contributed by atoms with E-state index >= 15 is 0 Å². The number of fused-ring (bicyclic) bond motifs is 1. The zero-order chi connectivity index (χ0) is 21.8. The van der Waals surface area contributed by atoms with Crippen molar-refractivity contribution in [3.05, 3.63) is 88.7 Å². The van der Waals surface area contributed by atoms with E-state index in [1.54, 1.807) is 23.7 Å². The van der Waals surface area contributed by atoms with Gasteiger partial charge >= 0.3 is 0 Å². The molecule has 0 radical (unpaired) electrons. The fourth-order valence-corrected chi connectivity index (χ4v) is 4.82. The maximum Gasteiger partial charge on any atom is 0.250 e. The molecule has 5 rings (SSSR count). The number of hydrogen-bond acceptors (Lipinski definition) is 4. The number of nitrogens with two attached hydrogens (primary N) is 1. The third-order valence-electron chi connectivity index (χ3n) is 6.32. The van der Waals surface area contributed by atoms with Gasteiger partial charge in [0, 0.05) is 29.8 Å². The summed E-state index contributed by atoms with van der Waals surface area (Å²) in [5.74, 6) is 0. The van der Waals surface area contributed by atoms with Gasteiger partial charge in [-0.1, -0.05) is 54.6 Å². The van der Waals surface area contributed by atoms with Crippen LogP contribution in [0.2, 0.25) is 0 Å². The molecule has 4 aromatic rings. The van der Waals surface area contributed by atoms with Crippen LogP contribution in [0.25, 0.3) is 33.4 Å². The fourth-order valence-electron chi connectivity index (χ4n) is 4.82. The van der Waals surface area contributed by atoms with Gasteiger partial charge in [0.05, 0.1) is 22.3 Å². The first kappa shape index (κ1) is 19.7. The normalized spacial score (nSPS) is 23.0. The van der Waals surface area contributed by atoms with Gasteiger partial charge < -0.3 is 15.4 Å². The van der Waals surface area contributed by atoms with E-state index in [4.69, 9.17) is 10.7 Å². The van der Waals surface area contributed by atoms with E-state index in [2.05, 4.69) is 0 Å². The van der Waals surface area contributed by atoms with Gasteiger partial charge in [0.15, 0.2) is 0 Å². The molecule has 2 aromatic heterocycles. The molecule has 0 bridgehead atoms. The van der Waals surface area contributed by atoms with E-state index < -0.39 is 11.1 Å². The molecule has 31 heavy (non-hydrogen) atoms. The molecule has 0 amide bonds. The molecule has 0 atom stereocenters. The van der Waals surface area contributed by atoms with Crippen LogP contribution >= 0.6 is 0 Å². The van der Waals surface area contributed by atoms with E-state index in [0.717, 1.165) is 39.0 Å². The first-order valence-corrected chi connectivity index (χ1v) is 10.4. The van der Waals surface area contributed by atoms with Crippen LogP contribution in [-0.2, 0) is 12.6 Å². The van der Waals surface area contributed by atoms with Crippen LogP contribution in [0.1, 0.15) is 25.3 Å². The summed E-state index contributed by atoms with van der Waals surface area (Å²) < 4.78 is 1.63. The molecule has 1 saturated carbocycles. The van der Waals surface area contributed by atoms with Gasteiger partial charge in [-0.15, -0.1) is 0 Å². The average molecular weight is 412 g/mol. The van der Waals surface area contributed by atoms with Crippen molar-refractivity contribution in [1.29, 1.82) is 0 Å². The van der Waals surface area contributed by atoms with Gasteiger partial charge in [-0.3, -0.25) is 4.79 Å². The van der Waals surface area contributed by atoms with E-state index in [1.165, 1.54) is 0 Å². The SMILES string of the molecule is Cn1c(=O)ccc2nc(-c3ccc(C4(N)CC(C)(O)C4)cc3)c(-c3ccccc3)cc21. The lowest BCUT2D eigenvalue weighted by Gasteiger charge is -2.49. The van der Waals surface area contributed by atoms with Gasteiger partial charge in [0.25, 0.3) is 5.56 Å². The predicted molar refractivity (Wildman–Crippen MR) is 124 cm³/mol. The van der Waals surface area contributed by atoms with E-state index in [9.17, 15) is 9.90 Å². The van der Waals surface area contributed by atoms with Gasteiger partial charge in [0.1, 0.15) is 0 Å². The molecule has 1 aliphatic carbocycles. The third-order valence-corrected chi connectivity index (χ3v) is 6.32. The number of aryl methyl sites for hydroxylation is 1. The number of benzene rings is 2. The Morgan fingerprint density at radius 1 is 0.968 bits per heavy atom. The van der Waals surface area contributed by atoms with Crippen LogP contribution in [0.4, 0.5) is 0 Å². The second-order valence-electron chi connectivity index (χ2n) is 8.97. The molecular weight excluding hydrogens is 386 g/mol. The Kier molecular flexibility index (Phi) is 4.36. The molecule has 0 unspecified atom stereocenters. The number of pyridine rings is 2. The number of nitrogens with zero attached hydrogens (tertiary/aromatic N) is 2. The minimum absolute atomic E-state index is 0.0601. The minimum atomic E-state index is -0.691. The Balaban J connectivity index is 1.65. The highest BCUT2D eigenvalue weighted by atomic mass is 16.3. The zero-order valence-corrected chi connectivity index (χ0v) is 17.7. The quantitative estimate of drug-likeness (QED) is 0.535. The first-order valence-electron chi connectivity index (χ1n) is 10.4. The topological polar surface area (TPSA) is 81.1 Å². The molecule has 2 aromatic carbocycles. The van der Waals surface area contributed by atoms with Crippen molar-refractivity contribution in [3.63, 3.8) is 0 Å². The molecule has 0 saturated heterocycles. The second kappa shape index (κ2) is 6.87. The minimum Gasteiger partial charge on any atom is -0.390 e. The highest BCUT2D eigenvalue weighted by Crippen LogP contribution is 2.46. The largest absolute Gasteiger partial charge is 0.390 e. The van der Waals surface area contributed by atoms with Crippen molar-refractivity contribution in [2.45, 2.75) is 30.9 Å². The zero-order valence-electron chi connectivity index (χ0n) is 17.7. The highest BCUT2D eigenvalue weighted by molar-refractivity contribution is 5.90. The summed E-state index contributed by atoms with van der Waals surface area (Å²) in [5, 5.41) is 10.1. The molecule has 0 spiro atoms. The van der Waals surface area contributed by atoms with Crippen molar-refractivity contribution in [1.82, 2.24) is 9.55 Å². The summed E-state index contributed by atoms with van der Waals surface area (Å²) in [6.07, 6.45) is 1.10. The van der Waals surface area contributed by atoms with Crippen molar-refractivity contribution in [2.24, 2.45) is 12.8 Å². The number of aromatic nitrogens is 2. The van der Waals surface area contributed by atoms with E-state index in [-0.39, 0.29) is 5.56 Å². The van der Waals surface area contributed by atoms with Gasteiger partial charge in [0.2, 0.25) is 0 Å². The van der Waals surface area contributed by atoms with Crippen molar-refractivity contribution in [3.8, 4) is 22.4 Å². The Labute approximate surface area is 180 Å². The van der Waals surface area contributed by atoms with Crippen LogP contribution in [-0.4, -0.2) is 20.3 Å². The van der Waals surface area contributed by atoms with E-state index in [1.807, 2.05) is 67.6 Å². The van der Waals surface area contributed by atoms with Gasteiger partial charge in [-0.2, -0.15) is 0 Å². The predicted octanol–water partition coefficient (Wildman–Crippen LogP) is 3.97. The Hall–Kier alpha value is -3.28. The van der Waals surface area contributed by atoms with E-state index in [0.29, 0.717) is 12.8 Å². The summed E-state index contributed by atoms with van der Waals surface area (Å²) in [4.78, 5) is 17.1. The number of rotatable bonds is 3. The van der Waals surface area contributed by atoms with Crippen LogP contribution in [0.5, 0.6) is 0 Å². The van der Waals surface area contributed by atoms with Gasteiger partial charge in [-0.05, 0) is 43.0 Å². The first-order chi connectivity index (χ1) is 14.8. The third kappa shape index (κ3) is 3.36. The molecule has 5 nitrogen and oxygen atoms in total. The van der Waals surface area contributed by atoms with Crippen LogP contribution in [0.3, 0.4) is 0 Å². The molecule has 156 valence electrons. The Morgan fingerprint density at radius 3 is 2.29 bits per heavy atom. The summed E-state index contributed by atoms with van der Waals surface area (Å²) in [7, 11) is 1.77. The Morgan fingerprint density at radius 2 is 1.65 bits per heavy atom. The fraction of sp³-hybridized carbons (Fsp3) is 0.231. The standard InChI is InChI=1S/C26H25N3O2/c1-25(31)15-26(27,16-25)19-10-8-18(9-11-19)24-20(17-6-4-3-5-7-17)14-22-21(28-24)12-13-23(30)29(22)2/h3-14,31H,15-16,27H2,1-2H3.